The van der Waals surface area contributed by atoms with Crippen molar-refractivity contribution in [2.75, 3.05) is 13.1 Å². The van der Waals surface area contributed by atoms with Gasteiger partial charge < -0.3 is 10.6 Å². The van der Waals surface area contributed by atoms with E-state index in [2.05, 4.69) is 10.6 Å². The first-order chi connectivity index (χ1) is 14.1. The van der Waals surface area contributed by atoms with Crippen molar-refractivity contribution in [3.8, 4) is 0 Å². The second-order valence-electron chi connectivity index (χ2n) is 8.08. The Bertz CT molecular complexity index is 1060. The molecule has 1 atom stereocenters. The van der Waals surface area contributed by atoms with Crippen molar-refractivity contribution in [2.45, 2.75) is 37.6 Å². The summed E-state index contributed by atoms with van der Waals surface area (Å²) in [5.74, 6) is 0.310. The number of aryl methyl sites for hydroxylation is 1. The molecule has 1 aliphatic heterocycles. The number of rotatable bonds is 5. The minimum absolute atomic E-state index is 0.135. The summed E-state index contributed by atoms with van der Waals surface area (Å²) >= 11 is 0. The zero-order valence-electron chi connectivity index (χ0n) is 16.4. The zero-order valence-corrected chi connectivity index (χ0v) is 16.4. The molecule has 1 saturated carbocycles. The maximum atomic E-state index is 13.2. The van der Waals surface area contributed by atoms with Crippen LogP contribution in [0.2, 0.25) is 0 Å². The summed E-state index contributed by atoms with van der Waals surface area (Å²) in [5, 5.41) is 12.0. The van der Waals surface area contributed by atoms with Crippen LogP contribution < -0.4 is 10.6 Å². The van der Waals surface area contributed by atoms with Gasteiger partial charge in [-0.15, -0.1) is 0 Å². The molecular formula is C22H24FN5O. The molecule has 1 aromatic carbocycles. The molecule has 29 heavy (non-hydrogen) atoms. The van der Waals surface area contributed by atoms with Crippen molar-refractivity contribution in [1.29, 1.82) is 0 Å². The SMILES string of the molecule is Cn1nc(C2CCNC2)c2c(C(=O)NCc3ccc(F)cc3)cc(C3CC3)nc21. The third-order valence-corrected chi connectivity index (χ3v) is 5.89. The lowest BCUT2D eigenvalue weighted by Gasteiger charge is -2.11. The fourth-order valence-electron chi connectivity index (χ4n) is 4.12. The summed E-state index contributed by atoms with van der Waals surface area (Å²) in [5.41, 5.74) is 4.22. The summed E-state index contributed by atoms with van der Waals surface area (Å²) in [7, 11) is 1.90. The Balaban J connectivity index is 1.53. The average molecular weight is 393 g/mol. The van der Waals surface area contributed by atoms with Crippen LogP contribution in [0.4, 0.5) is 4.39 Å². The lowest BCUT2D eigenvalue weighted by Crippen LogP contribution is -2.23. The highest BCUT2D eigenvalue weighted by Crippen LogP contribution is 2.41. The largest absolute Gasteiger partial charge is 0.348 e. The normalized spacial score (nSPS) is 19.0. The predicted molar refractivity (Wildman–Crippen MR) is 108 cm³/mol. The number of carbonyl (C=O) groups excluding carboxylic acids is 1. The van der Waals surface area contributed by atoms with Crippen molar-refractivity contribution in [2.24, 2.45) is 7.05 Å². The lowest BCUT2D eigenvalue weighted by atomic mass is 9.98. The Morgan fingerprint density at radius 1 is 1.24 bits per heavy atom. The molecule has 7 heteroatoms. The minimum Gasteiger partial charge on any atom is -0.348 e. The molecule has 1 saturated heterocycles. The molecule has 2 aliphatic rings. The van der Waals surface area contributed by atoms with Crippen LogP contribution in [0, 0.1) is 5.82 Å². The number of nitrogens with zero attached hydrogens (tertiary/aromatic N) is 3. The first-order valence-electron chi connectivity index (χ1n) is 10.2. The van der Waals surface area contributed by atoms with Gasteiger partial charge in [0.05, 0.1) is 16.6 Å². The fraction of sp³-hybridized carbons (Fsp3) is 0.409. The standard InChI is InChI=1S/C22H24FN5O/c1-28-21-19(20(27-28)15-8-9-24-12-15)17(10-18(26-21)14-4-5-14)22(29)25-11-13-2-6-16(23)7-3-13/h2-3,6-7,10,14-15,24H,4-5,8-9,11-12H2,1H3,(H,25,29). The number of amides is 1. The van der Waals surface area contributed by atoms with Crippen molar-refractivity contribution < 1.29 is 9.18 Å². The fourth-order valence-corrected chi connectivity index (χ4v) is 4.12. The number of carbonyl (C=O) groups is 1. The summed E-state index contributed by atoms with van der Waals surface area (Å²) in [6.07, 6.45) is 3.24. The van der Waals surface area contributed by atoms with Crippen LogP contribution in [0.5, 0.6) is 0 Å². The Labute approximate surface area is 168 Å². The van der Waals surface area contributed by atoms with Gasteiger partial charge in [-0.2, -0.15) is 5.10 Å². The molecule has 2 N–H and O–H groups in total. The quantitative estimate of drug-likeness (QED) is 0.699. The van der Waals surface area contributed by atoms with Crippen LogP contribution in [0.3, 0.4) is 0 Å². The van der Waals surface area contributed by atoms with Gasteiger partial charge in [-0.3, -0.25) is 9.48 Å². The van der Waals surface area contributed by atoms with Gasteiger partial charge in [-0.1, -0.05) is 12.1 Å². The van der Waals surface area contributed by atoms with E-state index in [0.717, 1.165) is 60.3 Å². The Hall–Kier alpha value is -2.80. The van der Waals surface area contributed by atoms with E-state index in [0.29, 0.717) is 18.0 Å². The maximum absolute atomic E-state index is 13.2. The van der Waals surface area contributed by atoms with Gasteiger partial charge in [0.15, 0.2) is 5.65 Å². The average Bonchev–Trinajstić information content (AvgIpc) is 3.34. The Morgan fingerprint density at radius 3 is 2.72 bits per heavy atom. The van der Waals surface area contributed by atoms with Gasteiger partial charge in [0.1, 0.15) is 5.82 Å². The van der Waals surface area contributed by atoms with Crippen LogP contribution in [0.15, 0.2) is 30.3 Å². The van der Waals surface area contributed by atoms with E-state index in [-0.39, 0.29) is 17.6 Å². The van der Waals surface area contributed by atoms with E-state index in [1.165, 1.54) is 12.1 Å². The van der Waals surface area contributed by atoms with Gasteiger partial charge in [0, 0.05) is 37.7 Å². The van der Waals surface area contributed by atoms with Gasteiger partial charge in [-0.05, 0) is 49.6 Å². The lowest BCUT2D eigenvalue weighted by molar-refractivity contribution is 0.0952. The van der Waals surface area contributed by atoms with E-state index in [1.807, 2.05) is 17.8 Å². The third kappa shape index (κ3) is 3.51. The number of halogens is 1. The van der Waals surface area contributed by atoms with E-state index in [1.54, 1.807) is 12.1 Å². The van der Waals surface area contributed by atoms with E-state index < -0.39 is 0 Å². The van der Waals surface area contributed by atoms with Gasteiger partial charge in [0.2, 0.25) is 0 Å². The first kappa shape index (κ1) is 18.2. The summed E-state index contributed by atoms with van der Waals surface area (Å²) < 4.78 is 14.9. The maximum Gasteiger partial charge on any atom is 0.252 e. The summed E-state index contributed by atoms with van der Waals surface area (Å²) in [6, 6.07) is 8.14. The second-order valence-corrected chi connectivity index (χ2v) is 8.08. The van der Waals surface area contributed by atoms with E-state index >= 15 is 0 Å². The molecule has 0 bridgehead atoms. The monoisotopic (exact) mass is 393 g/mol. The minimum atomic E-state index is -0.282. The zero-order chi connectivity index (χ0) is 20.0. The predicted octanol–water partition coefficient (Wildman–Crippen LogP) is 2.99. The molecule has 1 aliphatic carbocycles. The number of hydrogen-bond donors (Lipinski definition) is 2. The van der Waals surface area contributed by atoms with Gasteiger partial charge in [-0.25, -0.2) is 9.37 Å². The number of hydrogen-bond acceptors (Lipinski definition) is 4. The molecule has 1 amide bonds. The van der Waals surface area contributed by atoms with Crippen LogP contribution >= 0.6 is 0 Å². The van der Waals surface area contributed by atoms with Gasteiger partial charge >= 0.3 is 0 Å². The molecule has 2 fully saturated rings. The van der Waals surface area contributed by atoms with E-state index in [4.69, 9.17) is 10.1 Å². The number of aromatic nitrogens is 3. The second kappa shape index (κ2) is 7.22. The molecule has 2 aromatic heterocycles. The Kier molecular flexibility index (Phi) is 4.54. The topological polar surface area (TPSA) is 71.8 Å². The number of fused-ring (bicyclic) bond motifs is 1. The molecule has 3 heterocycles. The molecule has 150 valence electrons. The smallest absolute Gasteiger partial charge is 0.252 e. The van der Waals surface area contributed by atoms with Gasteiger partial charge in [0.25, 0.3) is 5.91 Å². The van der Waals surface area contributed by atoms with Crippen LogP contribution in [-0.2, 0) is 13.6 Å². The van der Waals surface area contributed by atoms with Crippen LogP contribution in [0.1, 0.15) is 58.4 Å². The van der Waals surface area contributed by atoms with E-state index in [9.17, 15) is 9.18 Å². The van der Waals surface area contributed by atoms with Crippen molar-refractivity contribution in [1.82, 2.24) is 25.4 Å². The molecule has 3 aromatic rings. The summed E-state index contributed by atoms with van der Waals surface area (Å²) in [4.78, 5) is 18.1. The van der Waals surface area contributed by atoms with Crippen molar-refractivity contribution >= 4 is 16.9 Å². The number of pyridine rings is 1. The molecule has 0 radical (unpaired) electrons. The molecule has 0 spiro atoms. The van der Waals surface area contributed by atoms with Crippen molar-refractivity contribution in [3.05, 3.63) is 58.7 Å². The first-order valence-corrected chi connectivity index (χ1v) is 10.2. The van der Waals surface area contributed by atoms with Crippen LogP contribution in [-0.4, -0.2) is 33.8 Å². The molecule has 1 unspecified atom stereocenters. The highest BCUT2D eigenvalue weighted by molar-refractivity contribution is 6.06. The van der Waals surface area contributed by atoms with Crippen molar-refractivity contribution in [3.63, 3.8) is 0 Å². The Morgan fingerprint density at radius 2 is 2.03 bits per heavy atom. The third-order valence-electron chi connectivity index (χ3n) is 5.89. The molecule has 6 nitrogen and oxygen atoms in total. The molecule has 5 rings (SSSR count). The number of nitrogens with one attached hydrogen (secondary N) is 2. The van der Waals surface area contributed by atoms with Crippen LogP contribution in [0.25, 0.3) is 11.0 Å². The highest BCUT2D eigenvalue weighted by atomic mass is 19.1. The molecular weight excluding hydrogens is 369 g/mol. The summed E-state index contributed by atoms with van der Waals surface area (Å²) in [6.45, 7) is 2.18. The highest BCUT2D eigenvalue weighted by Gasteiger charge is 2.31. The number of benzene rings is 1.